The van der Waals surface area contributed by atoms with E-state index in [1.807, 2.05) is 6.92 Å². The molecule has 3 heterocycles. The highest BCUT2D eigenvalue weighted by Gasteiger charge is 2.47. The Hall–Kier alpha value is -1.39. The van der Waals surface area contributed by atoms with Crippen LogP contribution in [0.2, 0.25) is 0 Å². The van der Waals surface area contributed by atoms with Crippen molar-refractivity contribution in [2.45, 2.75) is 56.8 Å². The molecule has 1 aromatic rings. The molecule has 4 rings (SSSR count). The fourth-order valence-corrected chi connectivity index (χ4v) is 4.42. The standard InChI is InChI=1S/C18H24N2O2/c1-12(18(21)19-11-13-5-4-10-22-13)20-16-8-9-17(20)15-7-3-2-6-14(15)16/h2-3,6-7,12-13,16-17H,4-5,8-11H2,1H3,(H,19,21). The first-order chi connectivity index (χ1) is 10.8. The van der Waals surface area contributed by atoms with E-state index < -0.39 is 0 Å². The van der Waals surface area contributed by atoms with Crippen molar-refractivity contribution in [1.82, 2.24) is 10.2 Å². The number of benzene rings is 1. The van der Waals surface area contributed by atoms with E-state index >= 15 is 0 Å². The highest BCUT2D eigenvalue weighted by molar-refractivity contribution is 5.81. The maximum atomic E-state index is 12.5. The van der Waals surface area contributed by atoms with E-state index in [9.17, 15) is 4.79 Å². The molecule has 2 fully saturated rings. The summed E-state index contributed by atoms with van der Waals surface area (Å²) >= 11 is 0. The van der Waals surface area contributed by atoms with Crippen molar-refractivity contribution in [2.75, 3.05) is 13.2 Å². The average Bonchev–Trinajstić information content (AvgIpc) is 3.27. The van der Waals surface area contributed by atoms with Gasteiger partial charge in [0, 0.05) is 25.2 Å². The van der Waals surface area contributed by atoms with Gasteiger partial charge in [0.1, 0.15) is 0 Å². The van der Waals surface area contributed by atoms with E-state index in [4.69, 9.17) is 4.74 Å². The molecule has 1 aromatic carbocycles. The Morgan fingerprint density at radius 3 is 2.55 bits per heavy atom. The van der Waals surface area contributed by atoms with Gasteiger partial charge in [0.15, 0.2) is 0 Å². The number of hydrogen-bond donors (Lipinski definition) is 1. The molecule has 4 unspecified atom stereocenters. The number of amides is 1. The SMILES string of the molecule is CC(C(=O)NCC1CCCO1)N1C2CCC1c1ccccc12. The number of ether oxygens (including phenoxy) is 1. The fourth-order valence-electron chi connectivity index (χ4n) is 4.42. The van der Waals surface area contributed by atoms with Gasteiger partial charge in [-0.05, 0) is 43.7 Å². The van der Waals surface area contributed by atoms with Crippen LogP contribution in [0.15, 0.2) is 24.3 Å². The van der Waals surface area contributed by atoms with Crippen molar-refractivity contribution >= 4 is 5.91 Å². The Balaban J connectivity index is 1.43. The molecule has 118 valence electrons. The van der Waals surface area contributed by atoms with Crippen molar-refractivity contribution in [2.24, 2.45) is 0 Å². The van der Waals surface area contributed by atoms with Gasteiger partial charge in [0.2, 0.25) is 5.91 Å². The largest absolute Gasteiger partial charge is 0.376 e. The molecule has 0 spiro atoms. The molecular weight excluding hydrogens is 276 g/mol. The Morgan fingerprint density at radius 2 is 1.95 bits per heavy atom. The van der Waals surface area contributed by atoms with Gasteiger partial charge in [0.05, 0.1) is 12.1 Å². The maximum Gasteiger partial charge on any atom is 0.237 e. The normalized spacial score (nSPS) is 31.2. The zero-order chi connectivity index (χ0) is 15.1. The molecular formula is C18H24N2O2. The van der Waals surface area contributed by atoms with E-state index in [0.29, 0.717) is 18.6 Å². The molecule has 4 atom stereocenters. The van der Waals surface area contributed by atoms with Gasteiger partial charge < -0.3 is 10.1 Å². The Morgan fingerprint density at radius 1 is 1.27 bits per heavy atom. The second-order valence-electron chi connectivity index (χ2n) is 6.74. The highest BCUT2D eigenvalue weighted by Crippen LogP contribution is 2.53. The summed E-state index contributed by atoms with van der Waals surface area (Å²) < 4.78 is 5.59. The Bertz CT molecular complexity index is 537. The number of carbonyl (C=O) groups excluding carboxylic acids is 1. The van der Waals surface area contributed by atoms with Crippen LogP contribution in [-0.2, 0) is 9.53 Å². The minimum Gasteiger partial charge on any atom is -0.376 e. The van der Waals surface area contributed by atoms with Gasteiger partial charge in [0.25, 0.3) is 0 Å². The first kappa shape index (κ1) is 14.2. The number of hydrogen-bond acceptors (Lipinski definition) is 3. The molecule has 2 saturated heterocycles. The summed E-state index contributed by atoms with van der Waals surface area (Å²) in [4.78, 5) is 15.0. The van der Waals surface area contributed by atoms with Crippen LogP contribution in [0.5, 0.6) is 0 Å². The van der Waals surface area contributed by atoms with Crippen molar-refractivity contribution in [3.8, 4) is 0 Å². The number of fused-ring (bicyclic) bond motifs is 5. The molecule has 0 radical (unpaired) electrons. The third-order valence-electron chi connectivity index (χ3n) is 5.50. The summed E-state index contributed by atoms with van der Waals surface area (Å²) in [6, 6.07) is 9.44. The topological polar surface area (TPSA) is 41.6 Å². The Labute approximate surface area is 131 Å². The minimum absolute atomic E-state index is 0.0775. The summed E-state index contributed by atoms with van der Waals surface area (Å²) in [7, 11) is 0. The summed E-state index contributed by atoms with van der Waals surface area (Å²) in [5.41, 5.74) is 2.86. The molecule has 22 heavy (non-hydrogen) atoms. The lowest BCUT2D eigenvalue weighted by Gasteiger charge is -2.28. The van der Waals surface area contributed by atoms with Crippen molar-refractivity contribution in [1.29, 1.82) is 0 Å². The number of nitrogens with one attached hydrogen (secondary N) is 1. The molecule has 4 nitrogen and oxygen atoms in total. The van der Waals surface area contributed by atoms with Gasteiger partial charge in [-0.2, -0.15) is 0 Å². The number of nitrogens with zero attached hydrogens (tertiary/aromatic N) is 1. The molecule has 4 heteroatoms. The van der Waals surface area contributed by atoms with Gasteiger partial charge in [-0.15, -0.1) is 0 Å². The molecule has 1 amide bonds. The van der Waals surface area contributed by atoms with E-state index in [1.54, 1.807) is 0 Å². The van der Waals surface area contributed by atoms with Crippen LogP contribution < -0.4 is 5.32 Å². The third kappa shape index (κ3) is 2.25. The fraction of sp³-hybridized carbons (Fsp3) is 0.611. The summed E-state index contributed by atoms with van der Waals surface area (Å²) in [5, 5.41) is 3.09. The number of rotatable bonds is 4. The monoisotopic (exact) mass is 300 g/mol. The van der Waals surface area contributed by atoms with Crippen LogP contribution in [0.4, 0.5) is 0 Å². The van der Waals surface area contributed by atoms with E-state index in [0.717, 1.165) is 19.4 Å². The van der Waals surface area contributed by atoms with Crippen LogP contribution >= 0.6 is 0 Å². The van der Waals surface area contributed by atoms with E-state index in [-0.39, 0.29) is 18.1 Å². The van der Waals surface area contributed by atoms with Gasteiger partial charge in [-0.1, -0.05) is 24.3 Å². The molecule has 2 bridgehead atoms. The van der Waals surface area contributed by atoms with Crippen molar-refractivity contribution < 1.29 is 9.53 Å². The summed E-state index contributed by atoms with van der Waals surface area (Å²) in [6.45, 7) is 3.53. The zero-order valence-electron chi connectivity index (χ0n) is 13.1. The second-order valence-corrected chi connectivity index (χ2v) is 6.74. The smallest absolute Gasteiger partial charge is 0.237 e. The highest BCUT2D eigenvalue weighted by atomic mass is 16.5. The van der Waals surface area contributed by atoms with E-state index in [2.05, 4.69) is 34.5 Å². The van der Waals surface area contributed by atoms with Crippen LogP contribution in [0.3, 0.4) is 0 Å². The summed E-state index contributed by atoms with van der Waals surface area (Å²) in [5.74, 6) is 0.139. The molecule has 0 aliphatic carbocycles. The van der Waals surface area contributed by atoms with Crippen molar-refractivity contribution in [3.05, 3.63) is 35.4 Å². The first-order valence-corrected chi connectivity index (χ1v) is 8.51. The van der Waals surface area contributed by atoms with Gasteiger partial charge in [-0.25, -0.2) is 0 Å². The molecule has 3 aliphatic heterocycles. The lowest BCUT2D eigenvalue weighted by Crippen LogP contribution is -2.45. The average molecular weight is 300 g/mol. The maximum absolute atomic E-state index is 12.5. The second kappa shape index (κ2) is 5.67. The van der Waals surface area contributed by atoms with Crippen LogP contribution in [0.1, 0.15) is 55.8 Å². The lowest BCUT2D eigenvalue weighted by molar-refractivity contribution is -0.127. The quantitative estimate of drug-likeness (QED) is 0.929. The molecule has 0 saturated carbocycles. The zero-order valence-corrected chi connectivity index (χ0v) is 13.1. The van der Waals surface area contributed by atoms with Crippen LogP contribution in [0, 0.1) is 0 Å². The lowest BCUT2D eigenvalue weighted by atomic mass is 9.92. The Kier molecular flexibility index (Phi) is 3.66. The first-order valence-electron chi connectivity index (χ1n) is 8.51. The molecule has 0 aromatic heterocycles. The minimum atomic E-state index is -0.0775. The van der Waals surface area contributed by atoms with Gasteiger partial charge >= 0.3 is 0 Å². The predicted molar refractivity (Wildman–Crippen MR) is 84.4 cm³/mol. The summed E-state index contributed by atoms with van der Waals surface area (Å²) in [6.07, 6.45) is 4.73. The van der Waals surface area contributed by atoms with Gasteiger partial charge in [-0.3, -0.25) is 9.69 Å². The van der Waals surface area contributed by atoms with Crippen molar-refractivity contribution in [3.63, 3.8) is 0 Å². The van der Waals surface area contributed by atoms with Crippen LogP contribution in [0.25, 0.3) is 0 Å². The predicted octanol–water partition coefficient (Wildman–Crippen LogP) is 2.56. The third-order valence-corrected chi connectivity index (χ3v) is 5.50. The number of carbonyl (C=O) groups is 1. The molecule has 1 N–H and O–H groups in total. The molecule has 3 aliphatic rings. The van der Waals surface area contributed by atoms with Crippen LogP contribution in [-0.4, -0.2) is 36.1 Å². The van der Waals surface area contributed by atoms with E-state index in [1.165, 1.54) is 24.0 Å².